The monoisotopic (exact) mass is 364 g/mol. The number of amides is 2. The highest BCUT2D eigenvalue weighted by Gasteiger charge is 2.33. The van der Waals surface area contributed by atoms with E-state index < -0.39 is 0 Å². The molecule has 0 radical (unpaired) electrons. The van der Waals surface area contributed by atoms with Crippen LogP contribution in [-0.4, -0.2) is 60.0 Å². The lowest BCUT2D eigenvalue weighted by atomic mass is 9.94. The Labute approximate surface area is 153 Å². The Balaban J connectivity index is 1.54. The zero-order valence-electron chi connectivity index (χ0n) is 15.4. The molecule has 0 unspecified atom stereocenters. The van der Waals surface area contributed by atoms with Gasteiger partial charge in [0.25, 0.3) is 5.91 Å². The van der Waals surface area contributed by atoms with E-state index in [1.54, 1.807) is 11.3 Å². The van der Waals surface area contributed by atoms with Crippen molar-refractivity contribution >= 4 is 23.2 Å². The smallest absolute Gasteiger partial charge is 0.263 e. The number of piperidine rings is 1. The van der Waals surface area contributed by atoms with Crippen molar-refractivity contribution in [2.75, 3.05) is 26.2 Å². The van der Waals surface area contributed by atoms with E-state index in [9.17, 15) is 9.59 Å². The summed E-state index contributed by atoms with van der Waals surface area (Å²) in [5, 5.41) is 0. The highest BCUT2D eigenvalue weighted by molar-refractivity contribution is 7.14. The lowest BCUT2D eigenvalue weighted by Gasteiger charge is -2.39. The third-order valence-electron chi connectivity index (χ3n) is 5.08. The molecule has 6 heteroatoms. The molecule has 5 nitrogen and oxygen atoms in total. The molecular weight excluding hydrogens is 336 g/mol. The number of carbonyl (C=O) groups excluding carboxylic acids is 2. The summed E-state index contributed by atoms with van der Waals surface area (Å²) in [5.74, 6) is 0.388. The Morgan fingerprint density at radius 3 is 2.32 bits per heavy atom. The van der Waals surface area contributed by atoms with Crippen LogP contribution in [0.15, 0.2) is 12.1 Å². The molecule has 2 aliphatic heterocycles. The highest BCUT2D eigenvalue weighted by atomic mass is 32.1. The molecule has 1 aromatic heterocycles. The van der Waals surface area contributed by atoms with Crippen molar-refractivity contribution in [3.05, 3.63) is 21.9 Å². The molecule has 2 fully saturated rings. The summed E-state index contributed by atoms with van der Waals surface area (Å²) in [6.45, 7) is 8.83. The zero-order chi connectivity index (χ0) is 18.0. The number of morpholine rings is 1. The standard InChI is InChI=1S/C19H28N2O3S/c1-4-16-5-6-17(25-16)19(23)20-9-7-15(8-10-20)18(22)21-11-13(2)24-14(3)12-21/h5-6,13-15H,4,7-12H2,1-3H3/t13-,14+. The summed E-state index contributed by atoms with van der Waals surface area (Å²) in [4.78, 5) is 31.3. The first-order chi connectivity index (χ1) is 12.0. The summed E-state index contributed by atoms with van der Waals surface area (Å²) >= 11 is 1.58. The lowest BCUT2D eigenvalue weighted by molar-refractivity contribution is -0.148. The van der Waals surface area contributed by atoms with E-state index in [0.717, 1.165) is 24.1 Å². The van der Waals surface area contributed by atoms with Gasteiger partial charge < -0.3 is 14.5 Å². The van der Waals surface area contributed by atoms with Gasteiger partial charge in [0.2, 0.25) is 5.91 Å². The summed E-state index contributed by atoms with van der Waals surface area (Å²) < 4.78 is 5.72. The number of carbonyl (C=O) groups is 2. The van der Waals surface area contributed by atoms with Gasteiger partial charge in [-0.3, -0.25) is 9.59 Å². The molecule has 0 aromatic carbocycles. The van der Waals surface area contributed by atoms with Gasteiger partial charge in [-0.25, -0.2) is 0 Å². The molecule has 25 heavy (non-hydrogen) atoms. The summed E-state index contributed by atoms with van der Waals surface area (Å²) in [5.41, 5.74) is 0. The number of likely N-dealkylation sites (tertiary alicyclic amines) is 1. The van der Waals surface area contributed by atoms with Gasteiger partial charge in [-0.1, -0.05) is 6.92 Å². The SMILES string of the molecule is CCc1ccc(C(=O)N2CCC(C(=O)N3C[C@@H](C)O[C@@H](C)C3)CC2)s1. The lowest BCUT2D eigenvalue weighted by Crippen LogP contribution is -2.51. The fourth-order valence-corrected chi connectivity index (χ4v) is 4.70. The largest absolute Gasteiger partial charge is 0.372 e. The second kappa shape index (κ2) is 7.87. The predicted molar refractivity (Wildman–Crippen MR) is 98.9 cm³/mol. The van der Waals surface area contributed by atoms with E-state index in [4.69, 9.17) is 4.74 Å². The van der Waals surface area contributed by atoms with Crippen LogP contribution in [0, 0.1) is 5.92 Å². The van der Waals surface area contributed by atoms with E-state index in [-0.39, 0.29) is 29.9 Å². The number of hydrogen-bond donors (Lipinski definition) is 0. The maximum atomic E-state index is 12.8. The van der Waals surface area contributed by atoms with Crippen LogP contribution in [-0.2, 0) is 16.0 Å². The Bertz CT molecular complexity index is 612. The number of hydrogen-bond acceptors (Lipinski definition) is 4. The van der Waals surface area contributed by atoms with Crippen molar-refractivity contribution in [2.24, 2.45) is 5.92 Å². The van der Waals surface area contributed by atoms with Crippen molar-refractivity contribution in [2.45, 2.75) is 52.2 Å². The Morgan fingerprint density at radius 1 is 1.12 bits per heavy atom. The van der Waals surface area contributed by atoms with E-state index >= 15 is 0 Å². The predicted octanol–water partition coefficient (Wildman–Crippen LogP) is 2.80. The van der Waals surface area contributed by atoms with Gasteiger partial charge in [0.1, 0.15) is 0 Å². The average Bonchev–Trinajstić information content (AvgIpc) is 3.09. The quantitative estimate of drug-likeness (QED) is 0.829. The second-order valence-electron chi connectivity index (χ2n) is 7.19. The summed E-state index contributed by atoms with van der Waals surface area (Å²) in [6, 6.07) is 3.97. The Morgan fingerprint density at radius 2 is 1.76 bits per heavy atom. The van der Waals surface area contributed by atoms with Crippen LogP contribution in [0.3, 0.4) is 0 Å². The van der Waals surface area contributed by atoms with Crippen LogP contribution < -0.4 is 0 Å². The average molecular weight is 365 g/mol. The van der Waals surface area contributed by atoms with E-state index in [2.05, 4.69) is 6.92 Å². The summed E-state index contributed by atoms with van der Waals surface area (Å²) in [7, 11) is 0. The molecule has 138 valence electrons. The van der Waals surface area contributed by atoms with E-state index in [1.807, 2.05) is 35.8 Å². The van der Waals surface area contributed by atoms with Gasteiger partial charge >= 0.3 is 0 Å². The van der Waals surface area contributed by atoms with Crippen LogP contribution in [0.25, 0.3) is 0 Å². The van der Waals surface area contributed by atoms with Gasteiger partial charge in [0.15, 0.2) is 0 Å². The zero-order valence-corrected chi connectivity index (χ0v) is 16.2. The molecule has 2 aliphatic rings. The molecule has 1 aromatic rings. The first kappa shape index (κ1) is 18.4. The van der Waals surface area contributed by atoms with Gasteiger partial charge in [-0.2, -0.15) is 0 Å². The molecule has 0 saturated carbocycles. The topological polar surface area (TPSA) is 49.9 Å². The van der Waals surface area contributed by atoms with E-state index in [1.165, 1.54) is 4.88 Å². The molecule has 0 aliphatic carbocycles. The number of thiophene rings is 1. The van der Waals surface area contributed by atoms with Crippen molar-refractivity contribution in [1.82, 2.24) is 9.80 Å². The normalized spacial score (nSPS) is 25.2. The maximum Gasteiger partial charge on any atom is 0.263 e. The molecule has 3 heterocycles. The number of aryl methyl sites for hydroxylation is 1. The van der Waals surface area contributed by atoms with Crippen molar-refractivity contribution in [3.63, 3.8) is 0 Å². The molecule has 0 bridgehead atoms. The Hall–Kier alpha value is -1.40. The van der Waals surface area contributed by atoms with Crippen molar-refractivity contribution < 1.29 is 14.3 Å². The van der Waals surface area contributed by atoms with E-state index in [0.29, 0.717) is 26.2 Å². The first-order valence-corrected chi connectivity index (χ1v) is 10.1. The number of rotatable bonds is 3. The fraction of sp³-hybridized carbons (Fsp3) is 0.684. The minimum atomic E-state index is 0.0380. The fourth-order valence-electron chi connectivity index (χ4n) is 3.78. The van der Waals surface area contributed by atoms with Gasteiger partial charge in [0.05, 0.1) is 17.1 Å². The van der Waals surface area contributed by atoms with Crippen LogP contribution >= 0.6 is 11.3 Å². The minimum absolute atomic E-state index is 0.0380. The van der Waals surface area contributed by atoms with Gasteiger partial charge in [-0.15, -0.1) is 11.3 Å². The first-order valence-electron chi connectivity index (χ1n) is 9.30. The molecular formula is C19H28N2O3S. The molecule has 0 spiro atoms. The van der Waals surface area contributed by atoms with Crippen LogP contribution in [0.2, 0.25) is 0 Å². The number of ether oxygens (including phenoxy) is 1. The molecule has 0 N–H and O–H groups in total. The maximum absolute atomic E-state index is 12.8. The van der Waals surface area contributed by atoms with Crippen LogP contribution in [0.4, 0.5) is 0 Å². The molecule has 2 amide bonds. The minimum Gasteiger partial charge on any atom is -0.372 e. The van der Waals surface area contributed by atoms with Crippen molar-refractivity contribution in [3.8, 4) is 0 Å². The number of nitrogens with zero attached hydrogens (tertiary/aromatic N) is 2. The molecule has 3 rings (SSSR count). The summed E-state index contributed by atoms with van der Waals surface area (Å²) in [6.07, 6.45) is 2.68. The third-order valence-corrected chi connectivity index (χ3v) is 6.30. The molecule has 2 saturated heterocycles. The highest BCUT2D eigenvalue weighted by Crippen LogP contribution is 2.25. The van der Waals surface area contributed by atoms with Crippen LogP contribution in [0.5, 0.6) is 0 Å². The van der Waals surface area contributed by atoms with Crippen molar-refractivity contribution in [1.29, 1.82) is 0 Å². The Kier molecular flexibility index (Phi) is 5.79. The third kappa shape index (κ3) is 4.23. The van der Waals surface area contributed by atoms with Crippen LogP contribution in [0.1, 0.15) is 48.2 Å². The van der Waals surface area contributed by atoms with Gasteiger partial charge in [-0.05, 0) is 45.2 Å². The second-order valence-corrected chi connectivity index (χ2v) is 8.35. The van der Waals surface area contributed by atoms with Gasteiger partial charge in [0, 0.05) is 37.0 Å². The molecule has 2 atom stereocenters.